The Balaban J connectivity index is 1.29. The Morgan fingerprint density at radius 1 is 0.854 bits per heavy atom. The molecule has 0 atom stereocenters. The second-order valence-corrected chi connectivity index (χ2v) is 10.7. The average molecular weight is 632 g/mol. The first kappa shape index (κ1) is 28.1. The summed E-state index contributed by atoms with van der Waals surface area (Å²) in [6, 6.07) is 26.3. The van der Waals surface area contributed by atoms with Gasteiger partial charge in [0.15, 0.2) is 0 Å². The third-order valence-electron chi connectivity index (χ3n) is 6.26. The van der Waals surface area contributed by atoms with E-state index in [-0.39, 0.29) is 5.57 Å². The molecule has 1 N–H and O–H groups in total. The Bertz CT molecular complexity index is 1650. The van der Waals surface area contributed by atoms with Gasteiger partial charge in [0.05, 0.1) is 10.7 Å². The van der Waals surface area contributed by atoms with Crippen LogP contribution in [0.25, 0.3) is 6.08 Å². The molecule has 7 nitrogen and oxygen atoms in total. The molecule has 1 aliphatic rings. The summed E-state index contributed by atoms with van der Waals surface area (Å²) < 4.78 is 12.6. The summed E-state index contributed by atoms with van der Waals surface area (Å²) in [5.74, 6) is -0.513. The third-order valence-corrected chi connectivity index (χ3v) is 7.08. The first-order chi connectivity index (χ1) is 19.8. The number of rotatable bonds is 8. The molecular formula is C32H24BrClN2O5. The third kappa shape index (κ3) is 6.85. The van der Waals surface area contributed by atoms with Gasteiger partial charge >= 0.3 is 6.03 Å². The standard InChI is InChI=1S/C32H24BrClN2O5/c1-20-3-2-4-23(15-20)19-41-29-14-7-22(17-28(29)34)16-27-30(37)35-32(39)36(31(27)38)25-10-12-26(13-11-25)40-18-21-5-8-24(33)9-6-21/h2-17H,18-19H2,1H3,(H,35,37,39)/b27-16+. The normalized spacial score (nSPS) is 14.3. The van der Waals surface area contributed by atoms with Gasteiger partial charge in [0.2, 0.25) is 0 Å². The molecule has 1 fully saturated rings. The number of barbiturate groups is 1. The molecule has 1 aliphatic heterocycles. The first-order valence-electron chi connectivity index (χ1n) is 12.6. The monoisotopic (exact) mass is 630 g/mol. The summed E-state index contributed by atoms with van der Waals surface area (Å²) in [4.78, 5) is 39.4. The van der Waals surface area contributed by atoms with Gasteiger partial charge in [-0.3, -0.25) is 14.9 Å². The number of imide groups is 2. The predicted molar refractivity (Wildman–Crippen MR) is 161 cm³/mol. The van der Waals surface area contributed by atoms with Crippen molar-refractivity contribution in [1.29, 1.82) is 0 Å². The molecule has 4 aromatic rings. The highest BCUT2D eigenvalue weighted by atomic mass is 79.9. The Morgan fingerprint density at radius 2 is 1.59 bits per heavy atom. The van der Waals surface area contributed by atoms with E-state index in [0.29, 0.717) is 41.0 Å². The van der Waals surface area contributed by atoms with Crippen molar-refractivity contribution in [2.45, 2.75) is 20.1 Å². The number of nitrogens with one attached hydrogen (secondary N) is 1. The molecule has 5 rings (SSSR count). The highest BCUT2D eigenvalue weighted by Gasteiger charge is 2.36. The van der Waals surface area contributed by atoms with Crippen LogP contribution in [0.4, 0.5) is 10.5 Å². The minimum absolute atomic E-state index is 0.204. The zero-order chi connectivity index (χ0) is 28.9. The van der Waals surface area contributed by atoms with Crippen molar-refractivity contribution in [2.75, 3.05) is 4.90 Å². The molecule has 0 radical (unpaired) electrons. The number of ether oxygens (including phenoxy) is 2. The number of amides is 4. The van der Waals surface area contributed by atoms with Crippen molar-refractivity contribution in [1.82, 2.24) is 5.32 Å². The van der Waals surface area contributed by atoms with E-state index in [2.05, 4.69) is 21.2 Å². The lowest BCUT2D eigenvalue weighted by atomic mass is 10.1. The van der Waals surface area contributed by atoms with E-state index in [1.807, 2.05) is 55.5 Å². The quantitative estimate of drug-likeness (QED) is 0.164. The predicted octanol–water partition coefficient (Wildman–Crippen LogP) is 7.24. The maximum atomic E-state index is 13.3. The second-order valence-electron chi connectivity index (χ2n) is 9.33. The molecule has 9 heteroatoms. The van der Waals surface area contributed by atoms with Crippen LogP contribution in [-0.4, -0.2) is 17.8 Å². The van der Waals surface area contributed by atoms with Crippen LogP contribution in [0.15, 0.2) is 101 Å². The summed E-state index contributed by atoms with van der Waals surface area (Å²) in [7, 11) is 0. The number of urea groups is 1. The summed E-state index contributed by atoms with van der Waals surface area (Å²) in [6.07, 6.45) is 1.39. The first-order valence-corrected chi connectivity index (χ1v) is 13.8. The van der Waals surface area contributed by atoms with Gasteiger partial charge in [-0.05, 0) is 78.2 Å². The molecule has 1 heterocycles. The van der Waals surface area contributed by atoms with Crippen LogP contribution in [0.1, 0.15) is 22.3 Å². The maximum Gasteiger partial charge on any atom is 0.335 e. The second kappa shape index (κ2) is 12.4. The number of benzene rings is 4. The van der Waals surface area contributed by atoms with Gasteiger partial charge in [-0.25, -0.2) is 9.69 Å². The number of carbonyl (C=O) groups is 3. The highest BCUT2D eigenvalue weighted by molar-refractivity contribution is 9.10. The van der Waals surface area contributed by atoms with Crippen molar-refractivity contribution < 1.29 is 23.9 Å². The van der Waals surface area contributed by atoms with E-state index >= 15 is 0 Å². The number of carbonyl (C=O) groups excluding carboxylic acids is 3. The lowest BCUT2D eigenvalue weighted by molar-refractivity contribution is -0.122. The van der Waals surface area contributed by atoms with E-state index in [4.69, 9.17) is 21.1 Å². The summed E-state index contributed by atoms with van der Waals surface area (Å²) in [6.45, 7) is 2.70. The van der Waals surface area contributed by atoms with Crippen molar-refractivity contribution >= 4 is 57.1 Å². The molecule has 0 bridgehead atoms. The van der Waals surface area contributed by atoms with Gasteiger partial charge in [-0.2, -0.15) is 0 Å². The van der Waals surface area contributed by atoms with E-state index < -0.39 is 17.8 Å². The maximum absolute atomic E-state index is 13.3. The SMILES string of the molecule is Cc1cccc(COc2ccc(/C=C3\C(=O)NC(=O)N(c4ccc(OCc5ccc(Br)cc5)cc4)C3=O)cc2Cl)c1. The fourth-order valence-corrected chi connectivity index (χ4v) is 4.69. The fourth-order valence-electron chi connectivity index (χ4n) is 4.18. The van der Waals surface area contributed by atoms with Crippen molar-refractivity contribution in [2.24, 2.45) is 0 Å². The van der Waals surface area contributed by atoms with E-state index in [9.17, 15) is 14.4 Å². The van der Waals surface area contributed by atoms with Crippen LogP contribution in [-0.2, 0) is 22.8 Å². The van der Waals surface area contributed by atoms with Gasteiger partial charge in [-0.15, -0.1) is 0 Å². The van der Waals surface area contributed by atoms with E-state index in [1.54, 1.807) is 42.5 Å². The van der Waals surface area contributed by atoms with Crippen LogP contribution in [0.5, 0.6) is 11.5 Å². The van der Waals surface area contributed by atoms with E-state index in [0.717, 1.165) is 26.1 Å². The molecule has 0 unspecified atom stereocenters. The molecule has 0 aromatic heterocycles. The molecule has 0 saturated carbocycles. The Labute approximate surface area is 250 Å². The summed E-state index contributed by atoms with van der Waals surface area (Å²) in [5.41, 5.74) is 3.71. The number of aryl methyl sites for hydroxylation is 1. The number of hydrogen-bond donors (Lipinski definition) is 1. The van der Waals surface area contributed by atoms with E-state index in [1.165, 1.54) is 6.08 Å². The van der Waals surface area contributed by atoms with Gasteiger partial charge in [0.1, 0.15) is 30.3 Å². The zero-order valence-electron chi connectivity index (χ0n) is 21.9. The molecule has 206 valence electrons. The lowest BCUT2D eigenvalue weighted by Crippen LogP contribution is -2.54. The van der Waals surface area contributed by atoms with Crippen molar-refractivity contribution in [3.63, 3.8) is 0 Å². The molecule has 0 spiro atoms. The van der Waals surface area contributed by atoms with Gasteiger partial charge in [0.25, 0.3) is 11.8 Å². The van der Waals surface area contributed by atoms with Gasteiger partial charge in [-0.1, -0.05) is 75.6 Å². The van der Waals surface area contributed by atoms with Crippen LogP contribution in [0.2, 0.25) is 5.02 Å². The number of halogens is 2. The topological polar surface area (TPSA) is 84.9 Å². The smallest absolute Gasteiger partial charge is 0.335 e. The average Bonchev–Trinajstić information content (AvgIpc) is 2.95. The zero-order valence-corrected chi connectivity index (χ0v) is 24.2. The minimum Gasteiger partial charge on any atom is -0.489 e. The molecular weight excluding hydrogens is 608 g/mol. The van der Waals surface area contributed by atoms with Crippen molar-refractivity contribution in [3.05, 3.63) is 128 Å². The van der Waals surface area contributed by atoms with Crippen LogP contribution < -0.4 is 19.7 Å². The summed E-state index contributed by atoms with van der Waals surface area (Å²) >= 11 is 9.84. The largest absolute Gasteiger partial charge is 0.489 e. The van der Waals surface area contributed by atoms with Crippen LogP contribution in [0.3, 0.4) is 0 Å². The number of anilines is 1. The Kier molecular flexibility index (Phi) is 8.52. The lowest BCUT2D eigenvalue weighted by Gasteiger charge is -2.26. The molecule has 41 heavy (non-hydrogen) atoms. The fraction of sp³-hybridized carbons (Fsp3) is 0.0938. The number of nitrogens with zero attached hydrogens (tertiary/aromatic N) is 1. The summed E-state index contributed by atoms with van der Waals surface area (Å²) in [5, 5.41) is 2.55. The highest BCUT2D eigenvalue weighted by Crippen LogP contribution is 2.29. The molecule has 4 aromatic carbocycles. The van der Waals surface area contributed by atoms with Crippen LogP contribution in [0, 0.1) is 6.92 Å². The molecule has 0 aliphatic carbocycles. The van der Waals surface area contributed by atoms with Gasteiger partial charge < -0.3 is 9.47 Å². The number of hydrogen-bond acceptors (Lipinski definition) is 5. The van der Waals surface area contributed by atoms with Crippen LogP contribution >= 0.6 is 27.5 Å². The van der Waals surface area contributed by atoms with Gasteiger partial charge in [0, 0.05) is 4.47 Å². The molecule has 1 saturated heterocycles. The minimum atomic E-state index is -0.835. The Hall–Kier alpha value is -4.40. The van der Waals surface area contributed by atoms with Crippen molar-refractivity contribution in [3.8, 4) is 11.5 Å². The Morgan fingerprint density at radius 3 is 2.29 bits per heavy atom. The molecule has 4 amide bonds.